The molecule has 0 radical (unpaired) electrons. The number of benzene rings is 1. The van der Waals surface area contributed by atoms with E-state index in [2.05, 4.69) is 10.1 Å². The van der Waals surface area contributed by atoms with Crippen LogP contribution in [0, 0.1) is 0 Å². The zero-order chi connectivity index (χ0) is 17.2. The van der Waals surface area contributed by atoms with Gasteiger partial charge in [-0.3, -0.25) is 9.59 Å². The van der Waals surface area contributed by atoms with E-state index in [9.17, 15) is 14.4 Å². The van der Waals surface area contributed by atoms with E-state index in [1.807, 2.05) is 0 Å². The number of halogens is 1. The second kappa shape index (κ2) is 12.1. The van der Waals surface area contributed by atoms with Crippen LogP contribution in [0.25, 0.3) is 0 Å². The zero-order valence-corrected chi connectivity index (χ0v) is 13.6. The van der Waals surface area contributed by atoms with Crippen LogP contribution in [0.5, 0.6) is 5.75 Å². The first-order valence-electron chi connectivity index (χ1n) is 6.95. The van der Waals surface area contributed by atoms with Gasteiger partial charge in [-0.1, -0.05) is 11.6 Å². The summed E-state index contributed by atoms with van der Waals surface area (Å²) < 4.78 is 14.5. The predicted molar refractivity (Wildman–Crippen MR) is 89.2 cm³/mol. The molecule has 0 saturated carbocycles. The zero-order valence-electron chi connectivity index (χ0n) is 12.8. The third-order valence-corrected chi connectivity index (χ3v) is 2.73. The average Bonchev–Trinajstić information content (AvgIpc) is 2.45. The number of nitrogens with one attached hydrogen (secondary N) is 1. The quantitative estimate of drug-likeness (QED) is 0.261. The Morgan fingerprint density at radius 3 is 2.38 bits per heavy atom. The van der Waals surface area contributed by atoms with E-state index < -0.39 is 24.3 Å². The second-order valence-corrected chi connectivity index (χ2v) is 4.98. The number of ether oxygens (including phenoxy) is 3. The van der Waals surface area contributed by atoms with Crippen molar-refractivity contribution in [1.29, 1.82) is 0 Å². The molecule has 0 bridgehead atoms. The van der Waals surface area contributed by atoms with Gasteiger partial charge in [0.25, 0.3) is 0 Å². The molecule has 1 atom stereocenters. The molecule has 9 heteroatoms. The Hall–Kier alpha value is -1.28. The minimum absolute atomic E-state index is 0. The molecular formula is C15H19ClNNaO6. The molecule has 7 nitrogen and oxygen atoms in total. The molecule has 0 aliphatic carbocycles. The van der Waals surface area contributed by atoms with Gasteiger partial charge in [-0.2, -0.15) is 0 Å². The van der Waals surface area contributed by atoms with Gasteiger partial charge in [0.2, 0.25) is 6.29 Å². The Bertz CT molecular complexity index is 551. The van der Waals surface area contributed by atoms with Crippen LogP contribution < -0.4 is 10.1 Å². The van der Waals surface area contributed by atoms with Crippen LogP contribution in [-0.4, -0.2) is 60.4 Å². The van der Waals surface area contributed by atoms with Gasteiger partial charge in [-0.25, -0.2) is 4.79 Å². The monoisotopic (exact) mass is 367 g/mol. The van der Waals surface area contributed by atoms with Gasteiger partial charge in [0.15, 0.2) is 0 Å². The molecule has 0 fully saturated rings. The Labute approximate surface area is 167 Å². The number of alkyl carbamates (subject to hydrolysis) is 1. The normalized spacial score (nSPS) is 10.8. The molecule has 1 amide bonds. The summed E-state index contributed by atoms with van der Waals surface area (Å²) in [7, 11) is 0. The first-order valence-corrected chi connectivity index (χ1v) is 7.32. The Morgan fingerprint density at radius 2 is 1.79 bits per heavy atom. The van der Waals surface area contributed by atoms with Crippen molar-refractivity contribution in [2.24, 2.45) is 0 Å². The van der Waals surface area contributed by atoms with Crippen molar-refractivity contribution in [1.82, 2.24) is 5.32 Å². The average molecular weight is 368 g/mol. The molecule has 1 rings (SSSR count). The molecule has 1 aromatic carbocycles. The summed E-state index contributed by atoms with van der Waals surface area (Å²) in [5.41, 5.74) is 0. The van der Waals surface area contributed by atoms with Crippen molar-refractivity contribution >= 4 is 59.2 Å². The van der Waals surface area contributed by atoms with E-state index in [1.54, 1.807) is 24.3 Å². The molecule has 0 aliphatic heterocycles. The summed E-state index contributed by atoms with van der Waals surface area (Å²) in [6.07, 6.45) is -1.20. The second-order valence-electron chi connectivity index (χ2n) is 4.54. The van der Waals surface area contributed by atoms with E-state index in [-0.39, 0.29) is 42.5 Å². The Kier molecular flexibility index (Phi) is 11.5. The van der Waals surface area contributed by atoms with Crippen molar-refractivity contribution in [3.8, 4) is 5.75 Å². The van der Waals surface area contributed by atoms with Crippen LogP contribution in [0.3, 0.4) is 0 Å². The number of hydrogen-bond acceptors (Lipinski definition) is 6. The molecule has 0 saturated heterocycles. The van der Waals surface area contributed by atoms with Crippen LogP contribution in [0.2, 0.25) is 5.02 Å². The Morgan fingerprint density at radius 1 is 1.17 bits per heavy atom. The number of carbonyl (C=O) groups excluding carboxylic acids is 3. The number of hydrogen-bond donors (Lipinski definition) is 1. The molecular weight excluding hydrogens is 349 g/mol. The molecule has 0 aliphatic rings. The predicted octanol–water partition coefficient (Wildman–Crippen LogP) is 2.01. The third kappa shape index (κ3) is 10.5. The van der Waals surface area contributed by atoms with Gasteiger partial charge < -0.3 is 19.5 Å². The molecule has 24 heavy (non-hydrogen) atoms. The molecule has 1 N–H and O–H groups in total. The number of esters is 2. The SMILES string of the molecule is CC(=O)OC(C)OC(=O)NCCCC(=O)Oc1ccc(Cl)cc1.[NaH]. The van der Waals surface area contributed by atoms with Gasteiger partial charge in [-0.15, -0.1) is 0 Å². The van der Waals surface area contributed by atoms with E-state index in [1.165, 1.54) is 13.8 Å². The number of amides is 1. The fourth-order valence-electron chi connectivity index (χ4n) is 1.56. The number of rotatable bonds is 7. The number of carbonyl (C=O) groups is 3. The fourth-order valence-corrected chi connectivity index (χ4v) is 1.68. The molecule has 0 aromatic heterocycles. The van der Waals surface area contributed by atoms with Gasteiger partial charge in [0.1, 0.15) is 5.75 Å². The summed E-state index contributed by atoms with van der Waals surface area (Å²) in [6, 6.07) is 6.41. The van der Waals surface area contributed by atoms with Gasteiger partial charge in [0.05, 0.1) is 0 Å². The summed E-state index contributed by atoms with van der Waals surface area (Å²) in [5, 5.41) is 2.99. The fraction of sp³-hybridized carbons (Fsp3) is 0.400. The summed E-state index contributed by atoms with van der Waals surface area (Å²) >= 11 is 5.72. The molecule has 0 spiro atoms. The van der Waals surface area contributed by atoms with E-state index in [4.69, 9.17) is 21.1 Å². The first kappa shape index (κ1) is 22.7. The van der Waals surface area contributed by atoms with Crippen molar-refractivity contribution in [2.45, 2.75) is 33.0 Å². The van der Waals surface area contributed by atoms with E-state index >= 15 is 0 Å². The molecule has 1 unspecified atom stereocenters. The van der Waals surface area contributed by atoms with Crippen LogP contribution in [-0.2, 0) is 19.1 Å². The van der Waals surface area contributed by atoms with Crippen molar-refractivity contribution in [3.63, 3.8) is 0 Å². The Balaban J connectivity index is 0.00000529. The summed E-state index contributed by atoms with van der Waals surface area (Å²) in [5.74, 6) is -0.562. The summed E-state index contributed by atoms with van der Waals surface area (Å²) in [6.45, 7) is 2.86. The van der Waals surface area contributed by atoms with Crippen molar-refractivity contribution < 1.29 is 28.6 Å². The van der Waals surface area contributed by atoms with Gasteiger partial charge >= 0.3 is 47.6 Å². The topological polar surface area (TPSA) is 90.9 Å². The molecule has 128 valence electrons. The van der Waals surface area contributed by atoms with E-state index in [0.717, 1.165) is 0 Å². The van der Waals surface area contributed by atoms with Crippen molar-refractivity contribution in [3.05, 3.63) is 29.3 Å². The molecule has 0 heterocycles. The van der Waals surface area contributed by atoms with Crippen molar-refractivity contribution in [2.75, 3.05) is 6.54 Å². The maximum atomic E-state index is 11.6. The van der Waals surface area contributed by atoms with Gasteiger partial charge in [0, 0.05) is 31.8 Å². The van der Waals surface area contributed by atoms with Gasteiger partial charge in [-0.05, 0) is 30.7 Å². The first-order chi connectivity index (χ1) is 10.9. The van der Waals surface area contributed by atoms with E-state index in [0.29, 0.717) is 17.2 Å². The third-order valence-electron chi connectivity index (χ3n) is 2.48. The van der Waals surface area contributed by atoms with Crippen LogP contribution in [0.4, 0.5) is 4.79 Å². The molecule has 1 aromatic rings. The summed E-state index contributed by atoms with van der Waals surface area (Å²) in [4.78, 5) is 33.6. The standard InChI is InChI=1S/C15H18ClNO6.Na.H/c1-10(18)21-11(2)22-15(20)17-9-3-4-14(19)23-13-7-5-12(16)6-8-13;;/h5-8,11H,3-4,9H2,1-2H3,(H,17,20);;. The maximum absolute atomic E-state index is 11.6. The van der Waals surface area contributed by atoms with Crippen LogP contribution in [0.1, 0.15) is 26.7 Å². The van der Waals surface area contributed by atoms with Crippen LogP contribution in [0.15, 0.2) is 24.3 Å². The van der Waals surface area contributed by atoms with Crippen LogP contribution >= 0.6 is 11.6 Å². The minimum atomic E-state index is -0.970.